The molecule has 2 rings (SSSR count). The van der Waals surface area contributed by atoms with E-state index < -0.39 is 0 Å². The second-order valence-electron chi connectivity index (χ2n) is 3.34. The third kappa shape index (κ3) is 6.46. The van der Waals surface area contributed by atoms with Crippen LogP contribution in [-0.2, 0) is 0 Å². The number of pyridine rings is 2. The van der Waals surface area contributed by atoms with Crippen LogP contribution in [0.5, 0.6) is 0 Å². The molecule has 112 valence electrons. The minimum absolute atomic E-state index is 0.977. The number of nitrogens with zero attached hydrogens (tertiary/aromatic N) is 2. The number of rotatable bonds is 1. The SMILES string of the molecule is CC.CC.CC.Cc1cccnc1-c1ncccc1C. The fourth-order valence-electron chi connectivity index (χ4n) is 1.47. The summed E-state index contributed by atoms with van der Waals surface area (Å²) in [7, 11) is 0. The number of hydrogen-bond donors (Lipinski definition) is 0. The lowest BCUT2D eigenvalue weighted by Crippen LogP contribution is -1.92. The highest BCUT2D eigenvalue weighted by atomic mass is 14.8. The van der Waals surface area contributed by atoms with Crippen LogP contribution in [0, 0.1) is 13.8 Å². The van der Waals surface area contributed by atoms with Crippen molar-refractivity contribution >= 4 is 0 Å². The van der Waals surface area contributed by atoms with Gasteiger partial charge in [0.25, 0.3) is 0 Å². The summed E-state index contributed by atoms with van der Waals surface area (Å²) >= 11 is 0. The highest BCUT2D eigenvalue weighted by molar-refractivity contribution is 5.61. The maximum Gasteiger partial charge on any atom is 0.0917 e. The third-order valence-electron chi connectivity index (χ3n) is 2.24. The Morgan fingerprint density at radius 2 is 0.900 bits per heavy atom. The van der Waals surface area contributed by atoms with E-state index in [9.17, 15) is 0 Å². The van der Waals surface area contributed by atoms with Gasteiger partial charge >= 0.3 is 0 Å². The minimum Gasteiger partial charge on any atom is -0.254 e. The lowest BCUT2D eigenvalue weighted by molar-refractivity contribution is 1.19. The molecule has 0 bridgehead atoms. The molecule has 0 atom stereocenters. The molecule has 2 aromatic heterocycles. The molecule has 2 heteroatoms. The van der Waals surface area contributed by atoms with Gasteiger partial charge in [0.1, 0.15) is 0 Å². The smallest absolute Gasteiger partial charge is 0.0917 e. The van der Waals surface area contributed by atoms with E-state index in [4.69, 9.17) is 0 Å². The van der Waals surface area contributed by atoms with Crippen LogP contribution in [0.2, 0.25) is 0 Å². The standard InChI is InChI=1S/C12H12N2.3C2H6/c1-9-5-3-7-13-11(9)12-10(2)6-4-8-14-12;3*1-2/h3-8H,1-2H3;3*1-2H3. The summed E-state index contributed by atoms with van der Waals surface area (Å²) in [6, 6.07) is 7.99. The molecule has 0 fully saturated rings. The van der Waals surface area contributed by atoms with Crippen molar-refractivity contribution in [2.75, 3.05) is 0 Å². The Hall–Kier alpha value is -1.70. The monoisotopic (exact) mass is 274 g/mol. The molecule has 0 spiro atoms. The lowest BCUT2D eigenvalue weighted by Gasteiger charge is -2.05. The molecular weight excluding hydrogens is 244 g/mol. The van der Waals surface area contributed by atoms with Gasteiger partial charge in [0.15, 0.2) is 0 Å². The first-order chi connectivity index (χ1) is 9.79. The molecule has 0 aliphatic heterocycles. The maximum atomic E-state index is 4.35. The predicted molar refractivity (Wildman–Crippen MR) is 91.0 cm³/mol. The normalized spacial score (nSPS) is 8.00. The lowest BCUT2D eigenvalue weighted by atomic mass is 10.1. The summed E-state index contributed by atoms with van der Waals surface area (Å²) < 4.78 is 0. The van der Waals surface area contributed by atoms with E-state index in [1.165, 1.54) is 0 Å². The molecule has 2 nitrogen and oxygen atoms in total. The van der Waals surface area contributed by atoms with Crippen LogP contribution in [0.4, 0.5) is 0 Å². The van der Waals surface area contributed by atoms with Crippen molar-refractivity contribution in [1.29, 1.82) is 0 Å². The zero-order valence-electron chi connectivity index (χ0n) is 14.4. The number of hydrogen-bond acceptors (Lipinski definition) is 2. The number of aromatic nitrogens is 2. The molecule has 2 aromatic rings. The fraction of sp³-hybridized carbons (Fsp3) is 0.444. The molecule has 0 unspecified atom stereocenters. The molecule has 20 heavy (non-hydrogen) atoms. The average Bonchev–Trinajstić information content (AvgIpc) is 2.55. The molecule has 0 amide bonds. The predicted octanol–water partition coefficient (Wildman–Crippen LogP) is 5.84. The van der Waals surface area contributed by atoms with Crippen LogP contribution < -0.4 is 0 Å². The van der Waals surface area contributed by atoms with Gasteiger partial charge in [-0.15, -0.1) is 0 Å². The van der Waals surface area contributed by atoms with Crippen LogP contribution in [0.25, 0.3) is 11.4 Å². The van der Waals surface area contributed by atoms with E-state index in [1.807, 2.05) is 53.7 Å². The zero-order chi connectivity index (χ0) is 16.0. The minimum atomic E-state index is 0.977. The molecule has 2 heterocycles. The van der Waals surface area contributed by atoms with E-state index in [1.54, 1.807) is 12.4 Å². The molecular formula is C18H30N2. The summed E-state index contributed by atoms with van der Waals surface area (Å²) in [6.45, 7) is 16.1. The van der Waals surface area contributed by atoms with Crippen molar-refractivity contribution in [3.63, 3.8) is 0 Å². The van der Waals surface area contributed by atoms with E-state index in [0.717, 1.165) is 22.5 Å². The van der Waals surface area contributed by atoms with Gasteiger partial charge in [-0.2, -0.15) is 0 Å². The molecule has 0 radical (unpaired) electrons. The Morgan fingerprint density at radius 1 is 0.600 bits per heavy atom. The Balaban J connectivity index is 0. The Bertz CT molecular complexity index is 407. The van der Waals surface area contributed by atoms with Crippen molar-refractivity contribution in [3.05, 3.63) is 47.8 Å². The van der Waals surface area contributed by atoms with Gasteiger partial charge in [-0.3, -0.25) is 9.97 Å². The Labute approximate surface area is 125 Å². The van der Waals surface area contributed by atoms with Crippen LogP contribution in [-0.4, -0.2) is 9.97 Å². The summed E-state index contributed by atoms with van der Waals surface area (Å²) in [5.74, 6) is 0. The summed E-state index contributed by atoms with van der Waals surface area (Å²) in [5.41, 5.74) is 4.28. The van der Waals surface area contributed by atoms with E-state index >= 15 is 0 Å². The van der Waals surface area contributed by atoms with E-state index in [-0.39, 0.29) is 0 Å². The average molecular weight is 274 g/mol. The molecule has 0 N–H and O–H groups in total. The summed E-state index contributed by atoms with van der Waals surface area (Å²) in [5, 5.41) is 0. The number of aryl methyl sites for hydroxylation is 2. The van der Waals surface area contributed by atoms with E-state index in [2.05, 4.69) is 35.9 Å². The van der Waals surface area contributed by atoms with Gasteiger partial charge in [0.05, 0.1) is 11.4 Å². The van der Waals surface area contributed by atoms with Crippen LogP contribution in [0.15, 0.2) is 36.7 Å². The van der Waals surface area contributed by atoms with Gasteiger partial charge < -0.3 is 0 Å². The summed E-state index contributed by atoms with van der Waals surface area (Å²) in [4.78, 5) is 8.69. The molecule has 0 aromatic carbocycles. The molecule has 0 aliphatic carbocycles. The molecule has 0 saturated carbocycles. The van der Waals surface area contributed by atoms with Crippen LogP contribution in [0.3, 0.4) is 0 Å². The van der Waals surface area contributed by atoms with Crippen LogP contribution in [0.1, 0.15) is 52.7 Å². The molecule has 0 saturated heterocycles. The fourth-order valence-corrected chi connectivity index (χ4v) is 1.47. The van der Waals surface area contributed by atoms with Gasteiger partial charge in [-0.1, -0.05) is 53.7 Å². The topological polar surface area (TPSA) is 25.8 Å². The molecule has 0 aliphatic rings. The van der Waals surface area contributed by atoms with Crippen molar-refractivity contribution in [3.8, 4) is 11.4 Å². The van der Waals surface area contributed by atoms with Crippen molar-refractivity contribution in [2.45, 2.75) is 55.4 Å². The van der Waals surface area contributed by atoms with E-state index in [0.29, 0.717) is 0 Å². The maximum absolute atomic E-state index is 4.35. The third-order valence-corrected chi connectivity index (χ3v) is 2.24. The highest BCUT2D eigenvalue weighted by Crippen LogP contribution is 2.20. The largest absolute Gasteiger partial charge is 0.254 e. The van der Waals surface area contributed by atoms with Crippen LogP contribution >= 0.6 is 0 Å². The van der Waals surface area contributed by atoms with Gasteiger partial charge in [0.2, 0.25) is 0 Å². The first-order valence-corrected chi connectivity index (χ1v) is 7.62. The van der Waals surface area contributed by atoms with Crippen molar-refractivity contribution < 1.29 is 0 Å². The second-order valence-corrected chi connectivity index (χ2v) is 3.34. The Morgan fingerprint density at radius 3 is 1.15 bits per heavy atom. The highest BCUT2D eigenvalue weighted by Gasteiger charge is 2.05. The summed E-state index contributed by atoms with van der Waals surface area (Å²) in [6.07, 6.45) is 3.60. The first kappa shape index (κ1) is 20.6. The van der Waals surface area contributed by atoms with Gasteiger partial charge in [0, 0.05) is 12.4 Å². The second kappa shape index (κ2) is 13.7. The quantitative estimate of drug-likeness (QED) is 0.653. The zero-order valence-corrected chi connectivity index (χ0v) is 14.4. The van der Waals surface area contributed by atoms with Crippen molar-refractivity contribution in [2.24, 2.45) is 0 Å². The van der Waals surface area contributed by atoms with Crippen molar-refractivity contribution in [1.82, 2.24) is 9.97 Å². The van der Waals surface area contributed by atoms with Gasteiger partial charge in [-0.25, -0.2) is 0 Å². The first-order valence-electron chi connectivity index (χ1n) is 7.62. The van der Waals surface area contributed by atoms with Gasteiger partial charge in [-0.05, 0) is 37.1 Å². The Kier molecular flexibility index (Phi) is 14.1.